The van der Waals surface area contributed by atoms with Gasteiger partial charge in [-0.25, -0.2) is 0 Å². The Morgan fingerprint density at radius 1 is 0.788 bits per heavy atom. The lowest BCUT2D eigenvalue weighted by molar-refractivity contribution is 0.0865. The zero-order valence-corrected chi connectivity index (χ0v) is 33.6. The average molecular weight is 722 g/mol. The van der Waals surface area contributed by atoms with Gasteiger partial charge in [0.2, 0.25) is 0 Å². The smallest absolute Gasteiger partial charge is 0.261 e. The number of piperidine rings is 1. The summed E-state index contributed by atoms with van der Waals surface area (Å²) in [6, 6.07) is 26.7. The van der Waals surface area contributed by atoms with Crippen molar-refractivity contribution in [3.8, 4) is 5.75 Å². The van der Waals surface area contributed by atoms with Crippen LogP contribution in [-0.4, -0.2) is 70.2 Å². The summed E-state index contributed by atoms with van der Waals surface area (Å²) in [5.41, 5.74) is 3.15. The molecule has 7 rings (SSSR count). The van der Waals surface area contributed by atoms with Crippen LogP contribution in [0.3, 0.4) is 0 Å². The van der Waals surface area contributed by atoms with E-state index in [9.17, 15) is 0 Å². The van der Waals surface area contributed by atoms with E-state index in [0.29, 0.717) is 11.8 Å². The minimum Gasteiger partial charge on any atom is -0.493 e. The predicted octanol–water partition coefficient (Wildman–Crippen LogP) is 8.71. The van der Waals surface area contributed by atoms with Gasteiger partial charge in [0.1, 0.15) is 5.75 Å². The third-order valence-electron chi connectivity index (χ3n) is 12.4. The molecular formula is C45H63N3O3Si. The molecule has 0 bridgehead atoms. The van der Waals surface area contributed by atoms with E-state index >= 15 is 0 Å². The minimum atomic E-state index is -2.53. The van der Waals surface area contributed by atoms with Gasteiger partial charge in [-0.2, -0.15) is 0 Å². The van der Waals surface area contributed by atoms with E-state index in [1.54, 1.807) is 0 Å². The highest BCUT2D eigenvalue weighted by Crippen LogP contribution is 2.40. The third kappa shape index (κ3) is 8.54. The lowest BCUT2D eigenvalue weighted by Crippen LogP contribution is -2.67. The van der Waals surface area contributed by atoms with Gasteiger partial charge in [0.15, 0.2) is 5.58 Å². The molecule has 3 aromatic carbocycles. The lowest BCUT2D eigenvalue weighted by atomic mass is 9.79. The van der Waals surface area contributed by atoms with E-state index < -0.39 is 8.32 Å². The Kier molecular flexibility index (Phi) is 11.9. The van der Waals surface area contributed by atoms with Crippen LogP contribution in [0.15, 0.2) is 77.3 Å². The molecule has 0 amide bonds. The van der Waals surface area contributed by atoms with Gasteiger partial charge in [-0.15, -0.1) is 0 Å². The van der Waals surface area contributed by atoms with E-state index in [1.807, 2.05) is 0 Å². The maximum Gasteiger partial charge on any atom is 0.261 e. The number of aromatic nitrogens is 1. The summed E-state index contributed by atoms with van der Waals surface area (Å²) in [6.07, 6.45) is 12.6. The molecule has 3 fully saturated rings. The Hall–Kier alpha value is -2.97. The molecule has 2 atom stereocenters. The lowest BCUT2D eigenvalue weighted by Gasteiger charge is -2.45. The van der Waals surface area contributed by atoms with Crippen LogP contribution in [0.25, 0.3) is 11.0 Å². The van der Waals surface area contributed by atoms with Gasteiger partial charge in [-0.05, 0) is 130 Å². The summed E-state index contributed by atoms with van der Waals surface area (Å²) in [5.74, 6) is 3.74. The number of rotatable bonds is 15. The Balaban J connectivity index is 0.957. The van der Waals surface area contributed by atoms with Crippen LogP contribution in [0.4, 0.5) is 0 Å². The maximum atomic E-state index is 7.49. The summed E-state index contributed by atoms with van der Waals surface area (Å²) < 4.78 is 19.8. The zero-order chi connectivity index (χ0) is 36.1. The maximum absolute atomic E-state index is 7.49. The van der Waals surface area contributed by atoms with Crippen molar-refractivity contribution in [2.75, 3.05) is 46.9 Å². The summed E-state index contributed by atoms with van der Waals surface area (Å²) in [4.78, 5) is 4.97. The first kappa shape index (κ1) is 37.3. The molecule has 2 saturated carbocycles. The second kappa shape index (κ2) is 16.6. The number of fused-ring (bicyclic) bond motifs is 1. The molecule has 1 aromatic heterocycles. The van der Waals surface area contributed by atoms with Crippen molar-refractivity contribution >= 4 is 29.7 Å². The zero-order valence-electron chi connectivity index (χ0n) is 32.6. The van der Waals surface area contributed by atoms with E-state index in [4.69, 9.17) is 13.7 Å². The molecule has 0 radical (unpaired) electrons. The Labute approximate surface area is 314 Å². The molecule has 1 aliphatic heterocycles. The molecule has 0 unspecified atom stereocenters. The van der Waals surface area contributed by atoms with Crippen molar-refractivity contribution in [1.82, 2.24) is 15.0 Å². The Morgan fingerprint density at radius 2 is 1.44 bits per heavy atom. The number of likely N-dealkylation sites (tertiary alicyclic amines) is 1. The van der Waals surface area contributed by atoms with Crippen molar-refractivity contribution in [3.63, 3.8) is 0 Å². The number of benzene rings is 3. The molecular weight excluding hydrogens is 659 g/mol. The second-order valence-electron chi connectivity index (χ2n) is 17.6. The van der Waals surface area contributed by atoms with Crippen molar-refractivity contribution in [3.05, 3.63) is 84.1 Å². The van der Waals surface area contributed by atoms with Crippen LogP contribution >= 0.6 is 0 Å². The molecule has 0 N–H and O–H groups in total. The highest BCUT2D eigenvalue weighted by molar-refractivity contribution is 6.99. The van der Waals surface area contributed by atoms with Gasteiger partial charge < -0.3 is 23.5 Å². The first-order chi connectivity index (χ1) is 25.2. The van der Waals surface area contributed by atoms with Gasteiger partial charge in [-0.3, -0.25) is 0 Å². The number of aryl methyl sites for hydroxylation is 1. The van der Waals surface area contributed by atoms with Crippen molar-refractivity contribution in [1.29, 1.82) is 0 Å². The van der Waals surface area contributed by atoms with E-state index in [0.717, 1.165) is 66.0 Å². The monoisotopic (exact) mass is 721 g/mol. The normalized spacial score (nSPS) is 20.9. The van der Waals surface area contributed by atoms with Crippen LogP contribution in [0.2, 0.25) is 5.04 Å². The summed E-state index contributed by atoms with van der Waals surface area (Å²) in [6.45, 7) is 13.3. The quantitative estimate of drug-likeness (QED) is 0.115. The van der Waals surface area contributed by atoms with Crippen LogP contribution in [0.1, 0.15) is 89.8 Å². The summed E-state index contributed by atoms with van der Waals surface area (Å²) in [7, 11) is 1.68. The summed E-state index contributed by atoms with van der Waals surface area (Å²) >= 11 is 0. The van der Waals surface area contributed by atoms with Gasteiger partial charge in [-0.1, -0.05) is 99.4 Å². The highest BCUT2D eigenvalue weighted by atomic mass is 28.4. The molecule has 0 spiro atoms. The standard InChI is InChI=1S/C45H63N3O3Si/c1-45(2,3)52(38-16-8-6-9-17-38,39-18-10-7-11-19-39)50-33-37-15-13-12-14-36(37)30-48-28-26-34(27-29-48)22-24-42-40-23-25-43(49-32-35-20-21-35)41(31-47(4)5)44(40)51-46-42/h6-11,16-19,23,25,34-37H,12-15,20-22,24,26-33H2,1-5H3/t36-,37+/m1/s1. The van der Waals surface area contributed by atoms with Gasteiger partial charge in [0, 0.05) is 25.1 Å². The van der Waals surface area contributed by atoms with Crippen molar-refractivity contribution in [2.45, 2.75) is 96.6 Å². The first-order valence-electron chi connectivity index (χ1n) is 20.4. The molecule has 6 nitrogen and oxygen atoms in total. The third-order valence-corrected chi connectivity index (χ3v) is 17.4. The fraction of sp³-hybridized carbons (Fsp3) is 0.578. The number of ether oxygens (including phenoxy) is 1. The van der Waals surface area contributed by atoms with E-state index in [-0.39, 0.29) is 5.04 Å². The number of nitrogens with zero attached hydrogens (tertiary/aromatic N) is 3. The minimum absolute atomic E-state index is 0.0153. The van der Waals surface area contributed by atoms with Gasteiger partial charge >= 0.3 is 0 Å². The van der Waals surface area contributed by atoms with Crippen LogP contribution in [-0.2, 0) is 17.4 Å². The van der Waals surface area contributed by atoms with Gasteiger partial charge in [0.25, 0.3) is 8.32 Å². The summed E-state index contributed by atoms with van der Waals surface area (Å²) in [5, 5.41) is 8.57. The van der Waals surface area contributed by atoms with Crippen LogP contribution in [0, 0.1) is 23.7 Å². The van der Waals surface area contributed by atoms with Crippen LogP contribution < -0.4 is 15.1 Å². The fourth-order valence-corrected chi connectivity index (χ4v) is 13.9. The molecule has 2 heterocycles. The molecule has 52 heavy (non-hydrogen) atoms. The number of hydrogen-bond acceptors (Lipinski definition) is 6. The van der Waals surface area contributed by atoms with Crippen molar-refractivity contribution < 1.29 is 13.7 Å². The Bertz CT molecular complexity index is 1670. The fourth-order valence-electron chi connectivity index (χ4n) is 9.23. The molecule has 4 aromatic rings. The Morgan fingerprint density at radius 3 is 2.06 bits per heavy atom. The van der Waals surface area contributed by atoms with Gasteiger partial charge in [0.05, 0.1) is 17.9 Å². The predicted molar refractivity (Wildman–Crippen MR) is 216 cm³/mol. The topological polar surface area (TPSA) is 51.0 Å². The molecule has 3 aliphatic rings. The molecule has 2 aliphatic carbocycles. The van der Waals surface area contributed by atoms with Crippen molar-refractivity contribution in [2.24, 2.45) is 23.7 Å². The highest BCUT2D eigenvalue weighted by Gasteiger charge is 2.50. The van der Waals surface area contributed by atoms with E-state index in [2.05, 4.69) is 123 Å². The van der Waals surface area contributed by atoms with E-state index in [1.165, 1.54) is 87.8 Å². The average Bonchev–Trinajstić information content (AvgIpc) is 3.89. The molecule has 7 heteroatoms. The second-order valence-corrected chi connectivity index (χ2v) is 21.9. The number of hydrogen-bond donors (Lipinski definition) is 0. The SMILES string of the molecule is CN(C)Cc1c(OCC2CC2)ccc2c(CCC3CCN(C[C@H]4CCCC[C@H]4CO[Si](c4ccccc4)(c4ccccc4)C(C)(C)C)CC3)noc12. The van der Waals surface area contributed by atoms with Crippen LogP contribution in [0.5, 0.6) is 5.75 Å². The largest absolute Gasteiger partial charge is 0.493 e. The molecule has 280 valence electrons. The molecule has 1 saturated heterocycles. The first-order valence-corrected chi connectivity index (χ1v) is 22.3.